The van der Waals surface area contributed by atoms with Crippen LogP contribution < -0.4 is 4.74 Å². The summed E-state index contributed by atoms with van der Waals surface area (Å²) in [5.41, 5.74) is 0.458. The summed E-state index contributed by atoms with van der Waals surface area (Å²) in [6, 6.07) is 3.36. The highest BCUT2D eigenvalue weighted by Gasteiger charge is 2.27. The maximum Gasteiger partial charge on any atom is 0.261 e. The molecule has 0 saturated carbocycles. The average molecular weight is 332 g/mol. The number of rotatable bonds is 5. The molecule has 0 radical (unpaired) electrons. The number of aromatic nitrogens is 2. The van der Waals surface area contributed by atoms with Crippen LogP contribution in [-0.2, 0) is 7.05 Å². The molecule has 2 aromatic rings. The van der Waals surface area contributed by atoms with Gasteiger partial charge in [0.25, 0.3) is 5.91 Å². The van der Waals surface area contributed by atoms with Crippen LogP contribution in [0.25, 0.3) is 0 Å². The number of ketones is 1. The van der Waals surface area contributed by atoms with Crippen LogP contribution in [-0.4, -0.2) is 71.1 Å². The fourth-order valence-electron chi connectivity index (χ4n) is 2.76. The molecule has 0 aromatic carbocycles. The Hall–Kier alpha value is -2.61. The van der Waals surface area contributed by atoms with Gasteiger partial charge >= 0.3 is 0 Å². The van der Waals surface area contributed by atoms with Gasteiger partial charge in [0, 0.05) is 39.4 Å². The van der Waals surface area contributed by atoms with Crippen molar-refractivity contribution in [3.8, 4) is 5.88 Å². The van der Waals surface area contributed by atoms with Crippen LogP contribution in [0, 0.1) is 0 Å². The van der Waals surface area contributed by atoms with E-state index in [1.807, 2.05) is 4.90 Å². The predicted molar refractivity (Wildman–Crippen MR) is 85.1 cm³/mol. The van der Waals surface area contributed by atoms with Crippen molar-refractivity contribution < 1.29 is 18.7 Å². The summed E-state index contributed by atoms with van der Waals surface area (Å²) in [4.78, 5) is 28.4. The number of Topliss-reactive ketones (excluding diaryl/α,β-unsaturated/α-hetero) is 1. The first-order valence-electron chi connectivity index (χ1n) is 7.74. The second-order valence-corrected chi connectivity index (χ2v) is 5.69. The van der Waals surface area contributed by atoms with E-state index in [-0.39, 0.29) is 11.7 Å². The summed E-state index contributed by atoms with van der Waals surface area (Å²) >= 11 is 0. The Kier molecular flexibility index (Phi) is 4.66. The first kappa shape index (κ1) is 16.3. The van der Waals surface area contributed by atoms with Gasteiger partial charge < -0.3 is 14.1 Å². The Balaban J connectivity index is 1.56. The van der Waals surface area contributed by atoms with Gasteiger partial charge in [-0.25, -0.2) is 0 Å². The molecular formula is C16H20N4O4. The number of carbonyl (C=O) groups excluding carboxylic acids is 2. The van der Waals surface area contributed by atoms with Crippen molar-refractivity contribution in [2.75, 3.05) is 39.8 Å². The van der Waals surface area contributed by atoms with Crippen molar-refractivity contribution in [2.24, 2.45) is 7.05 Å². The van der Waals surface area contributed by atoms with E-state index in [2.05, 4.69) is 5.10 Å². The van der Waals surface area contributed by atoms with E-state index in [0.29, 0.717) is 49.9 Å². The lowest BCUT2D eigenvalue weighted by Gasteiger charge is -2.34. The van der Waals surface area contributed by atoms with Crippen LogP contribution >= 0.6 is 0 Å². The number of piperazine rings is 1. The number of carbonyl (C=O) groups is 2. The second-order valence-electron chi connectivity index (χ2n) is 5.69. The van der Waals surface area contributed by atoms with E-state index in [0.717, 1.165) is 0 Å². The van der Waals surface area contributed by atoms with Crippen molar-refractivity contribution >= 4 is 11.7 Å². The molecule has 1 aliphatic heterocycles. The monoisotopic (exact) mass is 332 g/mol. The van der Waals surface area contributed by atoms with Gasteiger partial charge in [-0.15, -0.1) is 5.10 Å². The molecule has 1 fully saturated rings. The Labute approximate surface area is 139 Å². The maximum atomic E-state index is 12.6. The highest BCUT2D eigenvalue weighted by atomic mass is 16.5. The lowest BCUT2D eigenvalue weighted by atomic mass is 10.2. The lowest BCUT2D eigenvalue weighted by Crippen LogP contribution is -2.49. The Bertz CT molecular complexity index is 715. The topological polar surface area (TPSA) is 80.8 Å². The molecule has 8 heteroatoms. The summed E-state index contributed by atoms with van der Waals surface area (Å²) in [5.74, 6) is 0.553. The zero-order valence-corrected chi connectivity index (χ0v) is 13.8. The lowest BCUT2D eigenvalue weighted by molar-refractivity contribution is 0.0617. The molecule has 0 unspecified atom stereocenters. The number of aryl methyl sites for hydroxylation is 1. The Morgan fingerprint density at radius 3 is 2.67 bits per heavy atom. The summed E-state index contributed by atoms with van der Waals surface area (Å²) in [6.45, 7) is 2.69. The molecule has 0 bridgehead atoms. The SMILES string of the molecule is COc1nn(C)cc1C(=O)N1CCN(CC(=O)c2ccco2)CC1. The first-order valence-corrected chi connectivity index (χ1v) is 7.74. The van der Waals surface area contributed by atoms with Crippen LogP contribution in [0.2, 0.25) is 0 Å². The molecule has 0 aliphatic carbocycles. The summed E-state index contributed by atoms with van der Waals surface area (Å²) < 4.78 is 11.8. The molecule has 0 atom stereocenters. The first-order chi connectivity index (χ1) is 11.6. The van der Waals surface area contributed by atoms with Gasteiger partial charge in [0.15, 0.2) is 5.76 Å². The molecule has 3 rings (SSSR count). The number of furan rings is 1. The van der Waals surface area contributed by atoms with Gasteiger partial charge in [0.2, 0.25) is 11.7 Å². The summed E-state index contributed by atoms with van der Waals surface area (Å²) in [5, 5.41) is 4.11. The molecular weight excluding hydrogens is 312 g/mol. The quantitative estimate of drug-likeness (QED) is 0.749. The van der Waals surface area contributed by atoms with E-state index in [4.69, 9.17) is 9.15 Å². The highest BCUT2D eigenvalue weighted by molar-refractivity contribution is 5.96. The third-order valence-electron chi connectivity index (χ3n) is 4.04. The fraction of sp³-hybridized carbons (Fsp3) is 0.438. The van der Waals surface area contributed by atoms with E-state index < -0.39 is 0 Å². The molecule has 24 heavy (non-hydrogen) atoms. The van der Waals surface area contributed by atoms with Crippen LogP contribution in [0.1, 0.15) is 20.9 Å². The van der Waals surface area contributed by atoms with Crippen LogP contribution in [0.15, 0.2) is 29.0 Å². The zero-order chi connectivity index (χ0) is 17.1. The number of ether oxygens (including phenoxy) is 1. The summed E-state index contributed by atoms with van der Waals surface area (Å²) in [6.07, 6.45) is 3.15. The van der Waals surface area contributed by atoms with Gasteiger partial charge in [-0.3, -0.25) is 19.2 Å². The van der Waals surface area contributed by atoms with Gasteiger partial charge in [0.1, 0.15) is 5.56 Å². The number of methoxy groups -OCH3 is 1. The smallest absolute Gasteiger partial charge is 0.261 e. The third kappa shape index (κ3) is 3.33. The van der Waals surface area contributed by atoms with Crippen LogP contribution in [0.5, 0.6) is 5.88 Å². The maximum absolute atomic E-state index is 12.6. The molecule has 2 aromatic heterocycles. The van der Waals surface area contributed by atoms with Crippen molar-refractivity contribution in [2.45, 2.75) is 0 Å². The molecule has 0 N–H and O–H groups in total. The fourth-order valence-corrected chi connectivity index (χ4v) is 2.76. The van der Waals surface area contributed by atoms with Gasteiger partial charge in [-0.2, -0.15) is 0 Å². The highest BCUT2D eigenvalue weighted by Crippen LogP contribution is 2.18. The van der Waals surface area contributed by atoms with Crippen molar-refractivity contribution in [1.29, 1.82) is 0 Å². The molecule has 1 saturated heterocycles. The van der Waals surface area contributed by atoms with Crippen molar-refractivity contribution in [1.82, 2.24) is 19.6 Å². The van der Waals surface area contributed by atoms with E-state index >= 15 is 0 Å². The van der Waals surface area contributed by atoms with E-state index in [1.54, 1.807) is 35.0 Å². The normalized spacial score (nSPS) is 15.5. The molecule has 3 heterocycles. The average Bonchev–Trinajstić information content (AvgIpc) is 3.24. The zero-order valence-electron chi connectivity index (χ0n) is 13.8. The molecule has 1 amide bonds. The Morgan fingerprint density at radius 1 is 1.29 bits per heavy atom. The predicted octanol–water partition coefficient (Wildman–Crippen LogP) is 0.662. The summed E-state index contributed by atoms with van der Waals surface area (Å²) in [7, 11) is 3.24. The van der Waals surface area contributed by atoms with E-state index in [1.165, 1.54) is 13.4 Å². The minimum atomic E-state index is -0.100. The van der Waals surface area contributed by atoms with Gasteiger partial charge in [0.05, 0.1) is 19.9 Å². The third-order valence-corrected chi connectivity index (χ3v) is 4.04. The van der Waals surface area contributed by atoms with Crippen LogP contribution in [0.3, 0.4) is 0 Å². The number of hydrogen-bond acceptors (Lipinski definition) is 6. The van der Waals surface area contributed by atoms with Gasteiger partial charge in [-0.1, -0.05) is 0 Å². The minimum Gasteiger partial charge on any atom is -0.479 e. The standard InChI is InChI=1S/C16H20N4O4/c1-18-10-12(15(17-18)23-2)16(22)20-7-5-19(6-8-20)11-13(21)14-4-3-9-24-14/h3-4,9-10H,5-8,11H2,1-2H3. The van der Waals surface area contributed by atoms with Crippen molar-refractivity contribution in [3.63, 3.8) is 0 Å². The minimum absolute atomic E-state index is 0.0475. The van der Waals surface area contributed by atoms with E-state index in [9.17, 15) is 9.59 Å². The van der Waals surface area contributed by atoms with Crippen LogP contribution in [0.4, 0.5) is 0 Å². The largest absolute Gasteiger partial charge is 0.479 e. The number of hydrogen-bond donors (Lipinski definition) is 0. The molecule has 0 spiro atoms. The second kappa shape index (κ2) is 6.88. The van der Waals surface area contributed by atoms with Crippen molar-refractivity contribution in [3.05, 3.63) is 35.9 Å². The number of nitrogens with zero attached hydrogens (tertiary/aromatic N) is 4. The Morgan fingerprint density at radius 2 is 2.04 bits per heavy atom. The molecule has 8 nitrogen and oxygen atoms in total. The molecule has 128 valence electrons. The number of amides is 1. The van der Waals surface area contributed by atoms with Gasteiger partial charge in [-0.05, 0) is 12.1 Å². The molecule has 1 aliphatic rings.